The molecule has 1 saturated heterocycles. The SMILES string of the molecule is CCCC(=O)Oc1cc(O[C@H]2CCNC2)ccc1CCc1cc2cc(C(=N)N)ccc2o1. The van der Waals surface area contributed by atoms with Crippen LogP contribution >= 0.6 is 0 Å². The molecule has 2 aromatic carbocycles. The monoisotopic (exact) mass is 435 g/mol. The minimum Gasteiger partial charge on any atom is -0.489 e. The molecular weight excluding hydrogens is 406 g/mol. The van der Waals surface area contributed by atoms with Gasteiger partial charge in [-0.15, -0.1) is 0 Å². The fourth-order valence-corrected chi connectivity index (χ4v) is 3.86. The van der Waals surface area contributed by atoms with E-state index >= 15 is 0 Å². The van der Waals surface area contributed by atoms with Crippen molar-refractivity contribution < 1.29 is 18.7 Å². The summed E-state index contributed by atoms with van der Waals surface area (Å²) in [6.07, 6.45) is 3.51. The summed E-state index contributed by atoms with van der Waals surface area (Å²) in [6.45, 7) is 3.73. The van der Waals surface area contributed by atoms with Gasteiger partial charge < -0.3 is 24.9 Å². The maximum Gasteiger partial charge on any atom is 0.311 e. The first-order chi connectivity index (χ1) is 15.5. The minimum absolute atomic E-state index is 0.0314. The van der Waals surface area contributed by atoms with E-state index in [2.05, 4.69) is 5.32 Å². The molecule has 32 heavy (non-hydrogen) atoms. The Balaban J connectivity index is 1.51. The second-order valence-electron chi connectivity index (χ2n) is 8.11. The largest absolute Gasteiger partial charge is 0.489 e. The zero-order chi connectivity index (χ0) is 22.5. The summed E-state index contributed by atoms with van der Waals surface area (Å²) < 4.78 is 17.7. The van der Waals surface area contributed by atoms with Crippen LogP contribution in [0.1, 0.15) is 43.1 Å². The average molecular weight is 436 g/mol. The number of furan rings is 1. The lowest BCUT2D eigenvalue weighted by molar-refractivity contribution is -0.134. The molecule has 168 valence electrons. The Labute approximate surface area is 187 Å². The summed E-state index contributed by atoms with van der Waals surface area (Å²) in [5.74, 6) is 1.87. The Morgan fingerprint density at radius 3 is 2.84 bits per heavy atom. The van der Waals surface area contributed by atoms with Gasteiger partial charge in [-0.05, 0) is 61.7 Å². The first-order valence-electron chi connectivity index (χ1n) is 11.1. The van der Waals surface area contributed by atoms with E-state index in [1.54, 1.807) is 6.07 Å². The number of amidine groups is 1. The molecule has 0 aliphatic carbocycles. The fourth-order valence-electron chi connectivity index (χ4n) is 3.86. The summed E-state index contributed by atoms with van der Waals surface area (Å²) in [4.78, 5) is 12.2. The van der Waals surface area contributed by atoms with Crippen LogP contribution in [0, 0.1) is 5.41 Å². The number of rotatable bonds is 9. The van der Waals surface area contributed by atoms with Gasteiger partial charge in [-0.3, -0.25) is 10.2 Å². The molecular formula is C25H29N3O4. The number of carbonyl (C=O) groups is 1. The predicted octanol–water partition coefficient (Wildman–Crippen LogP) is 3.95. The number of ether oxygens (including phenoxy) is 2. The molecule has 2 heterocycles. The molecule has 4 N–H and O–H groups in total. The Bertz CT molecular complexity index is 1120. The number of nitrogens with two attached hydrogens (primary N) is 1. The molecule has 1 aliphatic heterocycles. The molecule has 0 radical (unpaired) electrons. The van der Waals surface area contributed by atoms with Gasteiger partial charge in [0.25, 0.3) is 0 Å². The van der Waals surface area contributed by atoms with Crippen molar-refractivity contribution in [1.82, 2.24) is 5.32 Å². The second-order valence-corrected chi connectivity index (χ2v) is 8.11. The normalized spacial score (nSPS) is 15.7. The van der Waals surface area contributed by atoms with E-state index in [9.17, 15) is 4.79 Å². The number of hydrogen-bond acceptors (Lipinski definition) is 6. The lowest BCUT2D eigenvalue weighted by Gasteiger charge is -2.15. The van der Waals surface area contributed by atoms with Crippen molar-refractivity contribution >= 4 is 22.8 Å². The van der Waals surface area contributed by atoms with E-state index in [4.69, 9.17) is 25.0 Å². The van der Waals surface area contributed by atoms with Crippen LogP contribution in [0.4, 0.5) is 0 Å². The van der Waals surface area contributed by atoms with Gasteiger partial charge in [0.05, 0.1) is 0 Å². The Kier molecular flexibility index (Phi) is 6.75. The molecule has 0 bridgehead atoms. The molecule has 0 amide bonds. The van der Waals surface area contributed by atoms with Gasteiger partial charge in [-0.1, -0.05) is 13.0 Å². The molecule has 4 rings (SSSR count). The molecule has 0 saturated carbocycles. The van der Waals surface area contributed by atoms with Crippen LogP contribution in [0.15, 0.2) is 46.9 Å². The van der Waals surface area contributed by atoms with Crippen LogP contribution in [0.25, 0.3) is 11.0 Å². The third-order valence-corrected chi connectivity index (χ3v) is 5.55. The molecule has 1 aliphatic rings. The van der Waals surface area contributed by atoms with Crippen molar-refractivity contribution in [3.8, 4) is 11.5 Å². The summed E-state index contributed by atoms with van der Waals surface area (Å²) in [5, 5.41) is 11.8. The van der Waals surface area contributed by atoms with E-state index in [0.717, 1.165) is 48.2 Å². The highest BCUT2D eigenvalue weighted by Crippen LogP contribution is 2.29. The highest BCUT2D eigenvalue weighted by molar-refractivity contribution is 5.98. The summed E-state index contributed by atoms with van der Waals surface area (Å²) >= 11 is 0. The van der Waals surface area contributed by atoms with Crippen molar-refractivity contribution in [1.29, 1.82) is 5.41 Å². The fraction of sp³-hybridized carbons (Fsp3) is 0.360. The Hall–Kier alpha value is -3.32. The minimum atomic E-state index is -0.242. The van der Waals surface area contributed by atoms with Crippen molar-refractivity contribution in [3.05, 3.63) is 59.4 Å². The smallest absolute Gasteiger partial charge is 0.311 e. The summed E-state index contributed by atoms with van der Waals surface area (Å²) in [7, 11) is 0. The van der Waals surface area contributed by atoms with Crippen LogP contribution in [0.2, 0.25) is 0 Å². The van der Waals surface area contributed by atoms with Crippen LogP contribution in [-0.2, 0) is 17.6 Å². The number of benzene rings is 2. The summed E-state index contributed by atoms with van der Waals surface area (Å²) in [6, 6.07) is 13.1. The second kappa shape index (κ2) is 9.87. The Morgan fingerprint density at radius 1 is 1.22 bits per heavy atom. The van der Waals surface area contributed by atoms with Crippen LogP contribution < -0.4 is 20.5 Å². The van der Waals surface area contributed by atoms with Gasteiger partial charge in [0.2, 0.25) is 0 Å². The number of carbonyl (C=O) groups excluding carboxylic acids is 1. The zero-order valence-electron chi connectivity index (χ0n) is 18.3. The molecule has 7 heteroatoms. The van der Waals surface area contributed by atoms with Crippen molar-refractivity contribution in [2.75, 3.05) is 13.1 Å². The van der Waals surface area contributed by atoms with Gasteiger partial charge in [-0.2, -0.15) is 0 Å². The van der Waals surface area contributed by atoms with E-state index in [1.807, 2.05) is 43.3 Å². The van der Waals surface area contributed by atoms with Crippen molar-refractivity contribution in [2.45, 2.75) is 45.1 Å². The Morgan fingerprint density at radius 2 is 2.09 bits per heavy atom. The standard InChI is InChI=1S/C25H29N3O4/c1-2-3-24(29)32-23-14-20(30-21-10-11-28-15-21)8-5-16(23)4-7-19-13-18-12-17(25(26)27)6-9-22(18)31-19/h5-6,8-9,12-14,21,28H,2-4,7,10-11,15H2,1H3,(H3,26,27)/t21-/m0/s1. The maximum atomic E-state index is 12.2. The van der Waals surface area contributed by atoms with E-state index in [-0.39, 0.29) is 17.9 Å². The van der Waals surface area contributed by atoms with E-state index in [1.165, 1.54) is 0 Å². The van der Waals surface area contributed by atoms with Gasteiger partial charge in [-0.25, -0.2) is 0 Å². The van der Waals surface area contributed by atoms with E-state index < -0.39 is 0 Å². The predicted molar refractivity (Wildman–Crippen MR) is 124 cm³/mol. The average Bonchev–Trinajstić information content (AvgIpc) is 3.42. The van der Waals surface area contributed by atoms with Crippen molar-refractivity contribution in [2.24, 2.45) is 5.73 Å². The first kappa shape index (κ1) is 21.9. The molecule has 0 spiro atoms. The molecule has 7 nitrogen and oxygen atoms in total. The lowest BCUT2D eigenvalue weighted by atomic mass is 10.1. The maximum absolute atomic E-state index is 12.2. The summed E-state index contributed by atoms with van der Waals surface area (Å²) in [5.41, 5.74) is 7.94. The number of hydrogen-bond donors (Lipinski definition) is 3. The third kappa shape index (κ3) is 5.29. The van der Waals surface area contributed by atoms with Crippen LogP contribution in [-0.4, -0.2) is 31.0 Å². The number of aryl methyl sites for hydroxylation is 2. The molecule has 1 atom stereocenters. The highest BCUT2D eigenvalue weighted by atomic mass is 16.5. The number of nitrogens with one attached hydrogen (secondary N) is 2. The topological polar surface area (TPSA) is 111 Å². The van der Waals surface area contributed by atoms with Gasteiger partial charge in [0.15, 0.2) is 0 Å². The van der Waals surface area contributed by atoms with E-state index in [0.29, 0.717) is 36.3 Å². The quantitative estimate of drug-likeness (QED) is 0.203. The number of nitrogen functional groups attached to an aromatic ring is 1. The van der Waals surface area contributed by atoms with Crippen LogP contribution in [0.5, 0.6) is 11.5 Å². The number of fused-ring (bicyclic) bond motifs is 1. The van der Waals surface area contributed by atoms with Gasteiger partial charge in [0, 0.05) is 36.4 Å². The first-order valence-corrected chi connectivity index (χ1v) is 11.1. The molecule has 1 aromatic heterocycles. The van der Waals surface area contributed by atoms with Gasteiger partial charge >= 0.3 is 5.97 Å². The molecule has 0 unspecified atom stereocenters. The van der Waals surface area contributed by atoms with Crippen molar-refractivity contribution in [3.63, 3.8) is 0 Å². The lowest BCUT2D eigenvalue weighted by Crippen LogP contribution is -2.19. The molecule has 1 fully saturated rings. The zero-order valence-corrected chi connectivity index (χ0v) is 18.3. The molecule has 3 aromatic rings. The third-order valence-electron chi connectivity index (χ3n) is 5.55. The van der Waals surface area contributed by atoms with Crippen LogP contribution in [0.3, 0.4) is 0 Å². The highest BCUT2D eigenvalue weighted by Gasteiger charge is 2.18. The van der Waals surface area contributed by atoms with Gasteiger partial charge in [0.1, 0.15) is 34.8 Å². The number of esters is 1.